The summed E-state index contributed by atoms with van der Waals surface area (Å²) >= 11 is 3.42. The molecule has 0 saturated carbocycles. The van der Waals surface area contributed by atoms with Crippen LogP contribution in [-0.4, -0.2) is 37.4 Å². The maximum atomic E-state index is 12.7. The molecule has 27 heavy (non-hydrogen) atoms. The van der Waals surface area contributed by atoms with Crippen LogP contribution in [0.5, 0.6) is 5.75 Å². The second kappa shape index (κ2) is 7.84. The summed E-state index contributed by atoms with van der Waals surface area (Å²) < 4.78 is 11.7. The number of furan rings is 1. The van der Waals surface area contributed by atoms with Gasteiger partial charge in [0.2, 0.25) is 5.91 Å². The number of ether oxygens (including phenoxy) is 1. The highest BCUT2D eigenvalue weighted by Crippen LogP contribution is 2.28. The fourth-order valence-electron chi connectivity index (χ4n) is 2.73. The molecule has 7 heteroatoms. The van der Waals surface area contributed by atoms with Crippen LogP contribution in [0, 0.1) is 6.92 Å². The number of carbonyl (C=O) groups excluding carboxylic acids is 2. The predicted molar refractivity (Wildman–Crippen MR) is 107 cm³/mol. The van der Waals surface area contributed by atoms with Gasteiger partial charge in [0.05, 0.1) is 13.7 Å². The van der Waals surface area contributed by atoms with E-state index in [0.29, 0.717) is 17.0 Å². The lowest BCUT2D eigenvalue weighted by atomic mass is 10.1. The molecule has 0 fully saturated rings. The van der Waals surface area contributed by atoms with Gasteiger partial charge in [-0.3, -0.25) is 9.59 Å². The number of aryl methyl sites for hydroxylation is 1. The van der Waals surface area contributed by atoms with E-state index < -0.39 is 0 Å². The number of nitrogens with one attached hydrogen (secondary N) is 1. The van der Waals surface area contributed by atoms with Gasteiger partial charge in [-0.25, -0.2) is 0 Å². The molecule has 3 aromatic rings. The minimum Gasteiger partial charge on any atom is -0.497 e. The topological polar surface area (TPSA) is 71.8 Å². The van der Waals surface area contributed by atoms with Crippen LogP contribution in [-0.2, 0) is 4.79 Å². The first-order valence-electron chi connectivity index (χ1n) is 8.27. The maximum absolute atomic E-state index is 12.7. The van der Waals surface area contributed by atoms with E-state index in [1.54, 1.807) is 44.5 Å². The van der Waals surface area contributed by atoms with Crippen molar-refractivity contribution in [3.63, 3.8) is 0 Å². The van der Waals surface area contributed by atoms with Crippen molar-refractivity contribution in [1.29, 1.82) is 0 Å². The van der Waals surface area contributed by atoms with Crippen LogP contribution in [0.25, 0.3) is 11.0 Å². The Balaban J connectivity index is 1.69. The Labute approximate surface area is 165 Å². The van der Waals surface area contributed by atoms with Crippen LogP contribution in [0.3, 0.4) is 0 Å². The average Bonchev–Trinajstić information content (AvgIpc) is 2.97. The zero-order chi connectivity index (χ0) is 19.6. The van der Waals surface area contributed by atoms with Crippen molar-refractivity contribution in [2.45, 2.75) is 6.92 Å². The summed E-state index contributed by atoms with van der Waals surface area (Å²) in [4.78, 5) is 26.3. The van der Waals surface area contributed by atoms with Gasteiger partial charge in [-0.1, -0.05) is 15.9 Å². The number of anilines is 1. The van der Waals surface area contributed by atoms with Crippen molar-refractivity contribution < 1.29 is 18.7 Å². The highest BCUT2D eigenvalue weighted by atomic mass is 79.9. The van der Waals surface area contributed by atoms with Crippen LogP contribution >= 0.6 is 15.9 Å². The third kappa shape index (κ3) is 4.14. The molecule has 1 heterocycles. The highest BCUT2D eigenvalue weighted by Gasteiger charge is 2.22. The van der Waals surface area contributed by atoms with Gasteiger partial charge in [0, 0.05) is 28.2 Å². The number of methoxy groups -OCH3 is 1. The summed E-state index contributed by atoms with van der Waals surface area (Å²) in [6.07, 6.45) is 0. The van der Waals surface area contributed by atoms with Gasteiger partial charge >= 0.3 is 0 Å². The van der Waals surface area contributed by atoms with Crippen molar-refractivity contribution in [3.05, 3.63) is 58.3 Å². The van der Waals surface area contributed by atoms with Crippen molar-refractivity contribution in [1.82, 2.24) is 4.90 Å². The molecule has 3 rings (SSSR count). The molecule has 0 radical (unpaired) electrons. The summed E-state index contributed by atoms with van der Waals surface area (Å²) in [5.74, 6) is 0.298. The molecular weight excluding hydrogens is 412 g/mol. The van der Waals surface area contributed by atoms with Crippen LogP contribution < -0.4 is 10.1 Å². The molecule has 6 nitrogen and oxygen atoms in total. The summed E-state index contributed by atoms with van der Waals surface area (Å²) in [6.45, 7) is 1.74. The van der Waals surface area contributed by atoms with Crippen LogP contribution in [0.1, 0.15) is 16.1 Å². The quantitative estimate of drug-likeness (QED) is 0.657. The van der Waals surface area contributed by atoms with Crippen molar-refractivity contribution >= 4 is 44.4 Å². The number of nitrogens with zero attached hydrogens (tertiary/aromatic N) is 1. The van der Waals surface area contributed by atoms with E-state index in [0.717, 1.165) is 15.4 Å². The van der Waals surface area contributed by atoms with Gasteiger partial charge in [-0.2, -0.15) is 0 Å². The Morgan fingerprint density at radius 3 is 2.56 bits per heavy atom. The number of benzene rings is 2. The smallest absolute Gasteiger partial charge is 0.290 e. The fourth-order valence-corrected chi connectivity index (χ4v) is 3.09. The molecule has 2 amide bonds. The first-order valence-corrected chi connectivity index (χ1v) is 9.06. The first kappa shape index (κ1) is 19.0. The lowest BCUT2D eigenvalue weighted by Gasteiger charge is -2.16. The van der Waals surface area contributed by atoms with Gasteiger partial charge in [-0.15, -0.1) is 0 Å². The van der Waals surface area contributed by atoms with Gasteiger partial charge in [0.1, 0.15) is 11.3 Å². The zero-order valence-electron chi connectivity index (χ0n) is 15.2. The van der Waals surface area contributed by atoms with Gasteiger partial charge in [0.15, 0.2) is 5.76 Å². The van der Waals surface area contributed by atoms with Gasteiger partial charge in [0.25, 0.3) is 5.91 Å². The lowest BCUT2D eigenvalue weighted by Crippen LogP contribution is -2.35. The monoisotopic (exact) mass is 430 g/mol. The van der Waals surface area contributed by atoms with Crippen LogP contribution in [0.15, 0.2) is 51.4 Å². The standard InChI is InChI=1S/C20H19BrN2O4/c1-12-16-10-13(21)4-9-17(16)27-19(12)20(25)23(2)11-18(24)22-14-5-7-15(26-3)8-6-14/h4-10H,11H2,1-3H3,(H,22,24). The molecule has 0 atom stereocenters. The van der Waals surface area contributed by atoms with Crippen molar-refractivity contribution in [3.8, 4) is 5.75 Å². The number of halogens is 1. The Kier molecular flexibility index (Phi) is 5.51. The molecule has 1 N–H and O–H groups in total. The molecule has 0 unspecified atom stereocenters. The molecule has 0 spiro atoms. The van der Waals surface area contributed by atoms with Crippen molar-refractivity contribution in [2.24, 2.45) is 0 Å². The number of rotatable bonds is 5. The molecule has 0 bridgehead atoms. The number of hydrogen-bond acceptors (Lipinski definition) is 4. The Bertz CT molecular complexity index is 995. The Hall–Kier alpha value is -2.80. The largest absolute Gasteiger partial charge is 0.497 e. The van der Waals surface area contributed by atoms with Crippen LogP contribution in [0.4, 0.5) is 5.69 Å². The summed E-state index contributed by atoms with van der Waals surface area (Å²) in [5.41, 5.74) is 2.01. The minimum absolute atomic E-state index is 0.0922. The third-order valence-electron chi connectivity index (χ3n) is 4.19. The van der Waals surface area contributed by atoms with Crippen LogP contribution in [0.2, 0.25) is 0 Å². The highest BCUT2D eigenvalue weighted by molar-refractivity contribution is 9.10. The van der Waals surface area contributed by atoms with E-state index in [1.807, 2.05) is 19.1 Å². The molecule has 1 aromatic heterocycles. The molecule has 0 aliphatic carbocycles. The number of fused-ring (bicyclic) bond motifs is 1. The lowest BCUT2D eigenvalue weighted by molar-refractivity contribution is -0.116. The molecule has 0 aliphatic heterocycles. The number of amides is 2. The number of hydrogen-bond donors (Lipinski definition) is 1. The predicted octanol–water partition coefficient (Wildman–Crippen LogP) is 4.22. The van der Waals surface area contributed by atoms with E-state index in [4.69, 9.17) is 9.15 Å². The molecular formula is C20H19BrN2O4. The number of carbonyl (C=O) groups is 2. The molecule has 2 aromatic carbocycles. The summed E-state index contributed by atoms with van der Waals surface area (Å²) in [5, 5.41) is 3.62. The van der Waals surface area contributed by atoms with Gasteiger partial charge < -0.3 is 19.4 Å². The maximum Gasteiger partial charge on any atom is 0.290 e. The fraction of sp³-hybridized carbons (Fsp3) is 0.200. The summed E-state index contributed by atoms with van der Waals surface area (Å²) in [6, 6.07) is 12.5. The Morgan fingerprint density at radius 2 is 1.89 bits per heavy atom. The number of likely N-dealkylation sites (N-methyl/N-ethyl adjacent to an activating group) is 1. The van der Waals surface area contributed by atoms with Gasteiger partial charge in [-0.05, 0) is 49.4 Å². The second-order valence-corrected chi connectivity index (χ2v) is 7.05. The Morgan fingerprint density at radius 1 is 1.19 bits per heavy atom. The van der Waals surface area contributed by atoms with E-state index in [9.17, 15) is 9.59 Å². The molecule has 0 saturated heterocycles. The average molecular weight is 431 g/mol. The normalized spacial score (nSPS) is 10.7. The SMILES string of the molecule is COc1ccc(NC(=O)CN(C)C(=O)c2oc3ccc(Br)cc3c2C)cc1. The molecule has 140 valence electrons. The first-order chi connectivity index (χ1) is 12.9. The second-order valence-electron chi connectivity index (χ2n) is 6.13. The van der Waals surface area contributed by atoms with E-state index in [-0.39, 0.29) is 24.1 Å². The third-order valence-corrected chi connectivity index (χ3v) is 4.69. The van der Waals surface area contributed by atoms with E-state index in [1.165, 1.54) is 4.90 Å². The minimum atomic E-state index is -0.343. The van der Waals surface area contributed by atoms with Crippen molar-refractivity contribution in [2.75, 3.05) is 26.0 Å². The molecule has 0 aliphatic rings. The van der Waals surface area contributed by atoms with E-state index >= 15 is 0 Å². The summed E-state index contributed by atoms with van der Waals surface area (Å²) in [7, 11) is 3.14. The zero-order valence-corrected chi connectivity index (χ0v) is 16.8. The van der Waals surface area contributed by atoms with E-state index in [2.05, 4.69) is 21.2 Å².